The van der Waals surface area contributed by atoms with E-state index >= 15 is 0 Å². The van der Waals surface area contributed by atoms with Gasteiger partial charge in [-0.25, -0.2) is 9.37 Å². The summed E-state index contributed by atoms with van der Waals surface area (Å²) in [4.78, 5) is 19.1. The number of rotatable bonds is 5. The lowest BCUT2D eigenvalue weighted by Gasteiger charge is -2.13. The van der Waals surface area contributed by atoms with Gasteiger partial charge in [0.05, 0.1) is 18.5 Å². The van der Waals surface area contributed by atoms with E-state index in [0.717, 1.165) is 5.56 Å². The lowest BCUT2D eigenvalue weighted by atomic mass is 9.92. The van der Waals surface area contributed by atoms with Crippen LogP contribution in [0, 0.1) is 5.82 Å². The van der Waals surface area contributed by atoms with Gasteiger partial charge >= 0.3 is 5.97 Å². The molecule has 6 heteroatoms. The first-order chi connectivity index (χ1) is 11.1. The van der Waals surface area contributed by atoms with Crippen LogP contribution >= 0.6 is 0 Å². The second-order valence-corrected chi connectivity index (χ2v) is 5.03. The molecule has 5 nitrogen and oxygen atoms in total. The highest BCUT2D eigenvalue weighted by Gasteiger charge is 2.23. The minimum Gasteiger partial charge on any atom is -0.481 e. The molecule has 3 rings (SSSR count). The number of halogens is 1. The smallest absolute Gasteiger partial charge is 0.304 e. The normalized spacial score (nSPS) is 12.0. The summed E-state index contributed by atoms with van der Waals surface area (Å²) in [5, 5.41) is 9.13. The first kappa shape index (κ1) is 14.9. The third-order valence-electron chi connectivity index (χ3n) is 3.46. The van der Waals surface area contributed by atoms with Crippen molar-refractivity contribution in [2.75, 3.05) is 0 Å². The number of aromatic nitrogens is 2. The fraction of sp³-hybridized carbons (Fsp3) is 0.118. The molecule has 0 saturated heterocycles. The average molecular weight is 312 g/mol. The van der Waals surface area contributed by atoms with Crippen LogP contribution in [0.25, 0.3) is 11.1 Å². The zero-order valence-corrected chi connectivity index (χ0v) is 12.0. The third kappa shape index (κ3) is 3.42. The molecule has 1 aromatic carbocycles. The number of nitrogens with zero attached hydrogens (tertiary/aromatic N) is 2. The van der Waals surface area contributed by atoms with E-state index in [9.17, 15) is 9.18 Å². The lowest BCUT2D eigenvalue weighted by Crippen LogP contribution is -2.09. The second kappa shape index (κ2) is 6.39. The summed E-state index contributed by atoms with van der Waals surface area (Å²) in [7, 11) is 0. The number of aliphatic carboxylic acids is 1. The molecule has 0 amide bonds. The summed E-state index contributed by atoms with van der Waals surface area (Å²) in [5.41, 5.74) is 1.94. The van der Waals surface area contributed by atoms with Crippen LogP contribution in [0.3, 0.4) is 0 Å². The maximum atomic E-state index is 14.0. The monoisotopic (exact) mass is 312 g/mol. The fourth-order valence-corrected chi connectivity index (χ4v) is 2.45. The summed E-state index contributed by atoms with van der Waals surface area (Å²) < 4.78 is 19.3. The number of hydrogen-bond acceptors (Lipinski definition) is 4. The Labute approximate surface area is 131 Å². The van der Waals surface area contributed by atoms with Crippen molar-refractivity contribution in [3.8, 4) is 11.1 Å². The SMILES string of the molecule is O=C(O)CC(c1cc(F)cc(-c2ccncc2)c1)c1ncco1. The topological polar surface area (TPSA) is 76.2 Å². The molecule has 0 aliphatic rings. The molecule has 0 fully saturated rings. The van der Waals surface area contributed by atoms with Gasteiger partial charge in [0.15, 0.2) is 0 Å². The summed E-state index contributed by atoms with van der Waals surface area (Å²) in [5.74, 6) is -1.86. The minimum atomic E-state index is -1.01. The van der Waals surface area contributed by atoms with Gasteiger partial charge in [-0.15, -0.1) is 0 Å². The lowest BCUT2D eigenvalue weighted by molar-refractivity contribution is -0.137. The Morgan fingerprint density at radius 3 is 2.61 bits per heavy atom. The molecule has 0 saturated carbocycles. The fourth-order valence-electron chi connectivity index (χ4n) is 2.45. The molecule has 3 aromatic rings. The average Bonchev–Trinajstić information content (AvgIpc) is 3.07. The van der Waals surface area contributed by atoms with Gasteiger partial charge in [0.25, 0.3) is 0 Å². The van der Waals surface area contributed by atoms with Crippen molar-refractivity contribution in [3.63, 3.8) is 0 Å². The highest BCUT2D eigenvalue weighted by molar-refractivity contribution is 5.69. The van der Waals surface area contributed by atoms with Crippen LogP contribution in [0.15, 0.2) is 59.6 Å². The van der Waals surface area contributed by atoms with E-state index in [1.807, 2.05) is 0 Å². The van der Waals surface area contributed by atoms with Gasteiger partial charge in [-0.1, -0.05) is 6.07 Å². The second-order valence-electron chi connectivity index (χ2n) is 5.03. The third-order valence-corrected chi connectivity index (χ3v) is 3.46. The standard InChI is InChI=1S/C17H13FN2O3/c18-14-8-12(11-1-3-19-4-2-11)7-13(9-14)15(10-16(21)22)17-20-5-6-23-17/h1-9,15H,10H2,(H,21,22). The number of pyridine rings is 1. The van der Waals surface area contributed by atoms with Crippen molar-refractivity contribution in [3.05, 3.63) is 72.5 Å². The summed E-state index contributed by atoms with van der Waals surface area (Å²) in [6.07, 6.45) is 5.80. The zero-order valence-electron chi connectivity index (χ0n) is 12.0. The van der Waals surface area contributed by atoms with Crippen molar-refractivity contribution in [1.29, 1.82) is 0 Å². The highest BCUT2D eigenvalue weighted by Crippen LogP contribution is 2.31. The number of hydrogen-bond donors (Lipinski definition) is 1. The maximum absolute atomic E-state index is 14.0. The van der Waals surface area contributed by atoms with E-state index < -0.39 is 17.7 Å². The molecule has 1 N–H and O–H groups in total. The largest absolute Gasteiger partial charge is 0.481 e. The summed E-state index contributed by atoms with van der Waals surface area (Å²) in [6, 6.07) is 7.97. The molecule has 1 atom stereocenters. The van der Waals surface area contributed by atoms with Crippen molar-refractivity contribution in [2.45, 2.75) is 12.3 Å². The van der Waals surface area contributed by atoms with Crippen LogP contribution in [-0.2, 0) is 4.79 Å². The van der Waals surface area contributed by atoms with Crippen LogP contribution in [-0.4, -0.2) is 21.0 Å². The molecular formula is C17H13FN2O3. The van der Waals surface area contributed by atoms with E-state index in [1.165, 1.54) is 24.6 Å². The van der Waals surface area contributed by atoms with Gasteiger partial charge in [-0.2, -0.15) is 0 Å². The van der Waals surface area contributed by atoms with Crippen molar-refractivity contribution in [2.24, 2.45) is 0 Å². The molecule has 0 radical (unpaired) electrons. The molecule has 2 heterocycles. The molecule has 23 heavy (non-hydrogen) atoms. The minimum absolute atomic E-state index is 0.236. The number of carboxylic acids is 1. The van der Waals surface area contributed by atoms with Gasteiger partial charge in [0.2, 0.25) is 5.89 Å². The molecule has 116 valence electrons. The van der Waals surface area contributed by atoms with Crippen LogP contribution in [0.1, 0.15) is 23.8 Å². The van der Waals surface area contributed by atoms with Gasteiger partial charge in [0, 0.05) is 12.4 Å². The molecule has 1 unspecified atom stereocenters. The maximum Gasteiger partial charge on any atom is 0.304 e. The molecular weight excluding hydrogens is 299 g/mol. The number of carboxylic acid groups (broad SMARTS) is 1. The summed E-state index contributed by atoms with van der Waals surface area (Å²) in [6.45, 7) is 0. The molecule has 0 aliphatic carbocycles. The highest BCUT2D eigenvalue weighted by atomic mass is 19.1. The van der Waals surface area contributed by atoms with Crippen LogP contribution < -0.4 is 0 Å². The Bertz CT molecular complexity index is 804. The van der Waals surface area contributed by atoms with Gasteiger partial charge in [0.1, 0.15) is 12.1 Å². The summed E-state index contributed by atoms with van der Waals surface area (Å²) >= 11 is 0. The van der Waals surface area contributed by atoms with Crippen molar-refractivity contribution in [1.82, 2.24) is 9.97 Å². The quantitative estimate of drug-likeness (QED) is 0.780. The Hall–Kier alpha value is -3.02. The van der Waals surface area contributed by atoms with Gasteiger partial charge < -0.3 is 9.52 Å². The molecule has 0 bridgehead atoms. The first-order valence-corrected chi connectivity index (χ1v) is 6.95. The van der Waals surface area contributed by atoms with Crippen molar-refractivity contribution < 1.29 is 18.7 Å². The number of oxazole rings is 1. The van der Waals surface area contributed by atoms with Crippen LogP contribution in [0.2, 0.25) is 0 Å². The first-order valence-electron chi connectivity index (χ1n) is 6.95. The van der Waals surface area contributed by atoms with Crippen LogP contribution in [0.4, 0.5) is 4.39 Å². The van der Waals surface area contributed by atoms with Gasteiger partial charge in [-0.3, -0.25) is 9.78 Å². The van der Waals surface area contributed by atoms with Crippen LogP contribution in [0.5, 0.6) is 0 Å². The molecule has 0 aliphatic heterocycles. The number of benzene rings is 1. The Morgan fingerprint density at radius 1 is 1.17 bits per heavy atom. The van der Waals surface area contributed by atoms with E-state index in [1.54, 1.807) is 30.6 Å². The predicted octanol–water partition coefficient (Wildman–Crippen LogP) is 3.48. The predicted molar refractivity (Wildman–Crippen MR) is 80.2 cm³/mol. The molecule has 2 aromatic heterocycles. The Morgan fingerprint density at radius 2 is 1.96 bits per heavy atom. The van der Waals surface area contributed by atoms with Crippen molar-refractivity contribution >= 4 is 5.97 Å². The number of carbonyl (C=O) groups is 1. The van der Waals surface area contributed by atoms with E-state index in [0.29, 0.717) is 11.1 Å². The Kier molecular flexibility index (Phi) is 4.14. The Balaban J connectivity index is 2.06. The van der Waals surface area contributed by atoms with Gasteiger partial charge in [-0.05, 0) is 41.0 Å². The van der Waals surface area contributed by atoms with E-state index in [4.69, 9.17) is 9.52 Å². The van der Waals surface area contributed by atoms with E-state index in [2.05, 4.69) is 9.97 Å². The molecule has 0 spiro atoms. The van der Waals surface area contributed by atoms with E-state index in [-0.39, 0.29) is 12.3 Å². The zero-order chi connectivity index (χ0) is 16.2.